The van der Waals surface area contributed by atoms with E-state index in [1.807, 2.05) is 0 Å². The van der Waals surface area contributed by atoms with Gasteiger partial charge in [-0.2, -0.15) is 0 Å². The molecule has 26 heavy (non-hydrogen) atoms. The summed E-state index contributed by atoms with van der Waals surface area (Å²) in [6, 6.07) is 3.54. The summed E-state index contributed by atoms with van der Waals surface area (Å²) in [5, 5.41) is 0. The lowest BCUT2D eigenvalue weighted by molar-refractivity contribution is 0.371. The van der Waals surface area contributed by atoms with Gasteiger partial charge in [-0.1, -0.05) is 59.8 Å². The Morgan fingerprint density at radius 3 is 1.35 bits per heavy atom. The van der Waals surface area contributed by atoms with Crippen LogP contribution in [-0.2, 0) is 8.23 Å². The Labute approximate surface area is 169 Å². The molecule has 0 fully saturated rings. The van der Waals surface area contributed by atoms with Gasteiger partial charge in [0.2, 0.25) is 0 Å². The van der Waals surface area contributed by atoms with Crippen LogP contribution in [0.3, 0.4) is 0 Å². The molecule has 156 valence electrons. The molecule has 0 aliphatic heterocycles. The lowest BCUT2D eigenvalue weighted by atomic mass is 10.1. The minimum atomic E-state index is -2.15. The first-order chi connectivity index (χ1) is 11.8. The fourth-order valence-corrected chi connectivity index (χ4v) is 18.2. The van der Waals surface area contributed by atoms with Crippen molar-refractivity contribution in [1.82, 2.24) is 0 Å². The second-order valence-electron chi connectivity index (χ2n) is 10.3. The molecule has 0 aromatic rings. The fourth-order valence-electron chi connectivity index (χ4n) is 3.69. The van der Waals surface area contributed by atoms with Crippen molar-refractivity contribution >= 4 is 25.2 Å². The number of rotatable bonds is 15. The van der Waals surface area contributed by atoms with E-state index in [0.717, 1.165) is 30.7 Å². The zero-order valence-corrected chi connectivity index (χ0v) is 22.4. The molecule has 0 aromatic heterocycles. The normalized spacial score (nSPS) is 13.8. The van der Waals surface area contributed by atoms with Crippen molar-refractivity contribution in [2.45, 2.75) is 117 Å². The molecule has 0 aromatic carbocycles. The standard InChI is InChI=1S/C21H48O2Si3/c1-11-12-19-26(10,22-24(6,7)17-13-15-20(2)3)23-25(8,9)18-14-16-21(4)5/h1,20-21H,11-19H2,2-10H3. The quantitative estimate of drug-likeness (QED) is 0.253. The predicted molar refractivity (Wildman–Crippen MR) is 125 cm³/mol. The summed E-state index contributed by atoms with van der Waals surface area (Å²) in [5.41, 5.74) is 0. The van der Waals surface area contributed by atoms with E-state index in [9.17, 15) is 0 Å². The number of hydrogen-bond donors (Lipinski definition) is 0. The summed E-state index contributed by atoms with van der Waals surface area (Å²) in [7, 11) is -5.52. The van der Waals surface area contributed by atoms with Crippen LogP contribution in [-0.4, -0.2) is 25.2 Å². The van der Waals surface area contributed by atoms with Crippen molar-refractivity contribution in [3.05, 3.63) is 6.92 Å². The van der Waals surface area contributed by atoms with Crippen molar-refractivity contribution in [3.8, 4) is 0 Å². The summed E-state index contributed by atoms with van der Waals surface area (Å²) >= 11 is 0. The van der Waals surface area contributed by atoms with Gasteiger partial charge in [-0.3, -0.25) is 0 Å². The fraction of sp³-hybridized carbons (Fsp3) is 0.952. The Morgan fingerprint density at radius 1 is 0.654 bits per heavy atom. The van der Waals surface area contributed by atoms with E-state index in [1.165, 1.54) is 37.8 Å². The van der Waals surface area contributed by atoms with Gasteiger partial charge in [-0.05, 0) is 76.0 Å². The van der Waals surface area contributed by atoms with Gasteiger partial charge in [-0.15, -0.1) is 0 Å². The summed E-state index contributed by atoms with van der Waals surface area (Å²) in [5.74, 6) is 1.56. The molecular weight excluding hydrogens is 368 g/mol. The number of unbranched alkanes of at least 4 members (excludes halogenated alkanes) is 1. The molecule has 0 heterocycles. The first-order valence-electron chi connectivity index (χ1n) is 10.9. The molecule has 0 unspecified atom stereocenters. The molecule has 0 amide bonds. The smallest absolute Gasteiger partial charge is 0.314 e. The highest BCUT2D eigenvalue weighted by Crippen LogP contribution is 2.31. The van der Waals surface area contributed by atoms with Gasteiger partial charge in [-0.25, -0.2) is 0 Å². The maximum atomic E-state index is 6.91. The van der Waals surface area contributed by atoms with Crippen LogP contribution < -0.4 is 0 Å². The molecule has 0 bridgehead atoms. The van der Waals surface area contributed by atoms with Crippen LogP contribution in [0.1, 0.15) is 66.2 Å². The van der Waals surface area contributed by atoms with Crippen molar-refractivity contribution < 1.29 is 8.23 Å². The van der Waals surface area contributed by atoms with Crippen LogP contribution in [0.2, 0.25) is 50.9 Å². The van der Waals surface area contributed by atoms with Crippen LogP contribution >= 0.6 is 0 Å². The molecule has 2 nitrogen and oxygen atoms in total. The molecule has 0 saturated carbocycles. The van der Waals surface area contributed by atoms with Crippen LogP contribution in [0.5, 0.6) is 0 Å². The molecule has 0 spiro atoms. The highest BCUT2D eigenvalue weighted by atomic mass is 28.5. The lowest BCUT2D eigenvalue weighted by Crippen LogP contribution is -2.54. The van der Waals surface area contributed by atoms with Gasteiger partial charge in [0.1, 0.15) is 0 Å². The van der Waals surface area contributed by atoms with E-state index in [2.05, 4.69) is 60.4 Å². The Bertz CT molecular complexity index is 340. The largest absolute Gasteiger partial charge is 0.436 e. The van der Waals surface area contributed by atoms with Crippen molar-refractivity contribution in [2.24, 2.45) is 11.8 Å². The number of hydrogen-bond acceptors (Lipinski definition) is 2. The van der Waals surface area contributed by atoms with Gasteiger partial charge in [0, 0.05) is 0 Å². The molecule has 0 rings (SSSR count). The van der Waals surface area contributed by atoms with E-state index in [0.29, 0.717) is 0 Å². The van der Waals surface area contributed by atoms with E-state index < -0.39 is 25.2 Å². The summed E-state index contributed by atoms with van der Waals surface area (Å²) in [6.45, 7) is 26.9. The second-order valence-corrected chi connectivity index (χ2v) is 22.8. The summed E-state index contributed by atoms with van der Waals surface area (Å²) in [6.07, 6.45) is 6.94. The van der Waals surface area contributed by atoms with Crippen molar-refractivity contribution in [2.75, 3.05) is 0 Å². The molecule has 2 radical (unpaired) electrons. The highest BCUT2D eigenvalue weighted by molar-refractivity contribution is 6.88. The minimum absolute atomic E-state index is 0.736. The minimum Gasteiger partial charge on any atom is -0.436 e. The SMILES string of the molecule is [CH]CCC[Si](C)(O[Si](C)(C)CCCC(C)C)O[Si](C)(C)CCCC(C)C. The first kappa shape index (κ1) is 26.6. The molecule has 0 N–H and O–H groups in total. The molecular formula is C21H48O2Si3. The third-order valence-corrected chi connectivity index (χ3v) is 17.2. The molecule has 5 heteroatoms. The van der Waals surface area contributed by atoms with Crippen LogP contribution in [0.15, 0.2) is 0 Å². The first-order valence-corrected chi connectivity index (χ1v) is 19.7. The Morgan fingerprint density at radius 2 is 1.04 bits per heavy atom. The van der Waals surface area contributed by atoms with Gasteiger partial charge in [0.25, 0.3) is 0 Å². The predicted octanol–water partition coefficient (Wildman–Crippen LogP) is 7.87. The molecule has 0 saturated heterocycles. The van der Waals surface area contributed by atoms with Crippen LogP contribution in [0, 0.1) is 18.8 Å². The average Bonchev–Trinajstić information content (AvgIpc) is 2.42. The Balaban J connectivity index is 4.88. The van der Waals surface area contributed by atoms with Crippen LogP contribution in [0.25, 0.3) is 0 Å². The molecule has 0 aliphatic carbocycles. The zero-order chi connectivity index (χ0) is 20.4. The molecule has 0 atom stereocenters. The van der Waals surface area contributed by atoms with Gasteiger partial charge in [0.15, 0.2) is 16.6 Å². The Hall–Kier alpha value is 0.571. The topological polar surface area (TPSA) is 18.5 Å². The average molecular weight is 417 g/mol. The molecule has 0 aliphatic rings. The monoisotopic (exact) mass is 416 g/mol. The van der Waals surface area contributed by atoms with Gasteiger partial charge < -0.3 is 8.23 Å². The van der Waals surface area contributed by atoms with Crippen LogP contribution in [0.4, 0.5) is 0 Å². The lowest BCUT2D eigenvalue weighted by Gasteiger charge is -2.41. The van der Waals surface area contributed by atoms with Crippen molar-refractivity contribution in [3.63, 3.8) is 0 Å². The summed E-state index contributed by atoms with van der Waals surface area (Å²) < 4.78 is 13.8. The van der Waals surface area contributed by atoms with Gasteiger partial charge >= 0.3 is 8.56 Å². The van der Waals surface area contributed by atoms with E-state index >= 15 is 0 Å². The van der Waals surface area contributed by atoms with Gasteiger partial charge in [0.05, 0.1) is 0 Å². The van der Waals surface area contributed by atoms with E-state index in [-0.39, 0.29) is 0 Å². The maximum absolute atomic E-state index is 6.91. The van der Waals surface area contributed by atoms with Crippen molar-refractivity contribution in [1.29, 1.82) is 0 Å². The van der Waals surface area contributed by atoms with E-state index in [1.54, 1.807) is 0 Å². The zero-order valence-electron chi connectivity index (χ0n) is 19.4. The Kier molecular flexibility index (Phi) is 12.5. The van der Waals surface area contributed by atoms with E-state index in [4.69, 9.17) is 15.2 Å². The maximum Gasteiger partial charge on any atom is 0.314 e. The summed E-state index contributed by atoms with van der Waals surface area (Å²) in [4.78, 5) is 0. The highest BCUT2D eigenvalue weighted by Gasteiger charge is 2.42. The second kappa shape index (κ2) is 12.2. The third-order valence-electron chi connectivity index (χ3n) is 4.94. The third kappa shape index (κ3) is 13.7.